The Balaban J connectivity index is 3.21. The maximum Gasteiger partial charge on any atom is 0.440 e. The molecular formula is C19H37NO3. The maximum absolute atomic E-state index is 10.8. The summed E-state index contributed by atoms with van der Waals surface area (Å²) in [6.45, 7) is 6.05. The number of amides is 1. The van der Waals surface area contributed by atoms with Crippen molar-refractivity contribution >= 4 is 6.09 Å². The Hall–Kier alpha value is -1.19. The van der Waals surface area contributed by atoms with E-state index < -0.39 is 6.09 Å². The van der Waals surface area contributed by atoms with E-state index in [1.807, 2.05) is 0 Å². The minimum atomic E-state index is -1.06. The van der Waals surface area contributed by atoms with Gasteiger partial charge in [-0.1, -0.05) is 97.0 Å². The van der Waals surface area contributed by atoms with Crippen LogP contribution in [0.25, 0.3) is 0 Å². The molecule has 4 heteroatoms. The molecule has 0 unspecified atom stereocenters. The zero-order chi connectivity index (χ0) is 17.2. The topological polar surface area (TPSA) is 49.8 Å². The van der Waals surface area contributed by atoms with Crippen LogP contribution in [0.15, 0.2) is 12.8 Å². The summed E-state index contributed by atoms with van der Waals surface area (Å²) in [4.78, 5) is 15.6. The fraction of sp³-hybridized carbons (Fsp3) is 0.842. The van der Waals surface area contributed by atoms with Gasteiger partial charge in [0, 0.05) is 0 Å². The molecule has 0 saturated heterocycles. The zero-order valence-corrected chi connectivity index (χ0v) is 15.1. The quantitative estimate of drug-likeness (QED) is 0.188. The average molecular weight is 328 g/mol. The van der Waals surface area contributed by atoms with E-state index in [1.54, 1.807) is 0 Å². The lowest BCUT2D eigenvalue weighted by atomic mass is 10.0. The second-order valence-corrected chi connectivity index (χ2v) is 6.25. The molecule has 0 heterocycles. The highest BCUT2D eigenvalue weighted by molar-refractivity contribution is 5.63. The van der Waals surface area contributed by atoms with Crippen molar-refractivity contribution in [2.75, 3.05) is 6.54 Å². The highest BCUT2D eigenvalue weighted by atomic mass is 16.7. The first kappa shape index (κ1) is 21.8. The van der Waals surface area contributed by atoms with Gasteiger partial charge in [0.05, 0.1) is 6.54 Å². The van der Waals surface area contributed by atoms with Gasteiger partial charge >= 0.3 is 6.09 Å². The van der Waals surface area contributed by atoms with Crippen LogP contribution in [0.5, 0.6) is 0 Å². The number of hydroxylamine groups is 2. The SMILES string of the molecule is C=CON(CCCCCCCCCCCCCCCC)C(=O)O. The molecule has 136 valence electrons. The van der Waals surface area contributed by atoms with Crippen LogP contribution in [0.3, 0.4) is 0 Å². The molecule has 23 heavy (non-hydrogen) atoms. The summed E-state index contributed by atoms with van der Waals surface area (Å²) in [5.41, 5.74) is 0. The number of nitrogens with zero attached hydrogens (tertiary/aromatic N) is 1. The Morgan fingerprint density at radius 3 is 1.61 bits per heavy atom. The Labute approximate surface area is 142 Å². The van der Waals surface area contributed by atoms with Gasteiger partial charge in [-0.3, -0.25) is 0 Å². The van der Waals surface area contributed by atoms with Gasteiger partial charge in [0.25, 0.3) is 0 Å². The number of hydrogen-bond donors (Lipinski definition) is 1. The molecule has 0 aliphatic rings. The molecule has 0 saturated carbocycles. The highest BCUT2D eigenvalue weighted by Gasteiger charge is 2.10. The van der Waals surface area contributed by atoms with Crippen molar-refractivity contribution in [3.05, 3.63) is 12.8 Å². The molecule has 0 rings (SSSR count). The van der Waals surface area contributed by atoms with Crippen molar-refractivity contribution < 1.29 is 14.7 Å². The maximum atomic E-state index is 10.8. The molecule has 0 aliphatic heterocycles. The van der Waals surface area contributed by atoms with Crippen molar-refractivity contribution in [1.29, 1.82) is 0 Å². The third kappa shape index (κ3) is 15.5. The van der Waals surface area contributed by atoms with Gasteiger partial charge in [-0.2, -0.15) is 0 Å². The summed E-state index contributed by atoms with van der Waals surface area (Å²) >= 11 is 0. The second kappa shape index (κ2) is 17.2. The Kier molecular flexibility index (Phi) is 16.3. The fourth-order valence-corrected chi connectivity index (χ4v) is 2.73. The Morgan fingerprint density at radius 1 is 0.870 bits per heavy atom. The lowest BCUT2D eigenvalue weighted by Crippen LogP contribution is -2.28. The number of unbranched alkanes of at least 4 members (excludes halogenated alkanes) is 13. The summed E-state index contributed by atoms with van der Waals surface area (Å²) in [6, 6.07) is 0. The van der Waals surface area contributed by atoms with E-state index >= 15 is 0 Å². The van der Waals surface area contributed by atoms with Crippen LogP contribution in [-0.2, 0) is 4.84 Å². The molecule has 0 spiro atoms. The average Bonchev–Trinajstić information content (AvgIpc) is 2.54. The number of rotatable bonds is 17. The molecule has 0 radical (unpaired) electrons. The first-order valence-electron chi connectivity index (χ1n) is 9.50. The molecule has 0 aliphatic carbocycles. The first-order valence-corrected chi connectivity index (χ1v) is 9.50. The lowest BCUT2D eigenvalue weighted by Gasteiger charge is -2.16. The number of hydrogen-bond acceptors (Lipinski definition) is 2. The molecule has 4 nitrogen and oxygen atoms in total. The molecule has 0 bridgehead atoms. The smallest absolute Gasteiger partial charge is 0.440 e. The van der Waals surface area contributed by atoms with Gasteiger partial charge in [-0.05, 0) is 6.42 Å². The highest BCUT2D eigenvalue weighted by Crippen LogP contribution is 2.13. The molecule has 0 aromatic rings. The Bertz CT molecular complexity index is 282. The fourth-order valence-electron chi connectivity index (χ4n) is 2.73. The van der Waals surface area contributed by atoms with Crippen LogP contribution in [0.4, 0.5) is 4.79 Å². The standard InChI is InChI=1S/C19H37NO3/c1-3-5-6-7-8-9-10-11-12-13-14-15-16-17-18-20(19(21)22)23-4-2/h4H,2-3,5-18H2,1H3,(H,21,22). The van der Waals surface area contributed by atoms with Crippen molar-refractivity contribution in [3.8, 4) is 0 Å². The van der Waals surface area contributed by atoms with Crippen molar-refractivity contribution in [3.63, 3.8) is 0 Å². The van der Waals surface area contributed by atoms with E-state index in [9.17, 15) is 4.79 Å². The number of carbonyl (C=O) groups is 1. The van der Waals surface area contributed by atoms with Crippen LogP contribution in [0, 0.1) is 0 Å². The van der Waals surface area contributed by atoms with Gasteiger partial charge in [-0.25, -0.2) is 4.79 Å². The van der Waals surface area contributed by atoms with Crippen LogP contribution >= 0.6 is 0 Å². The van der Waals surface area contributed by atoms with Gasteiger partial charge in [0.2, 0.25) is 0 Å². The van der Waals surface area contributed by atoms with Gasteiger partial charge in [0.1, 0.15) is 6.26 Å². The number of carboxylic acid groups (broad SMARTS) is 1. The molecule has 0 aromatic carbocycles. The van der Waals surface area contributed by atoms with E-state index in [-0.39, 0.29) is 0 Å². The minimum Gasteiger partial charge on any atom is -0.463 e. The second-order valence-electron chi connectivity index (χ2n) is 6.25. The van der Waals surface area contributed by atoms with Gasteiger partial charge < -0.3 is 9.94 Å². The largest absolute Gasteiger partial charge is 0.463 e. The first-order chi connectivity index (χ1) is 11.2. The van der Waals surface area contributed by atoms with E-state index in [0.29, 0.717) is 6.54 Å². The monoisotopic (exact) mass is 327 g/mol. The van der Waals surface area contributed by atoms with E-state index in [0.717, 1.165) is 24.2 Å². The molecule has 1 amide bonds. The summed E-state index contributed by atoms with van der Waals surface area (Å²) in [6.07, 6.45) is 18.2. The van der Waals surface area contributed by atoms with E-state index in [2.05, 4.69) is 13.5 Å². The molecule has 0 fully saturated rings. The molecule has 0 aromatic heterocycles. The van der Waals surface area contributed by atoms with E-state index in [1.165, 1.54) is 77.0 Å². The lowest BCUT2D eigenvalue weighted by molar-refractivity contribution is -0.0762. The summed E-state index contributed by atoms with van der Waals surface area (Å²) in [5.74, 6) is 0. The van der Waals surface area contributed by atoms with E-state index in [4.69, 9.17) is 9.94 Å². The van der Waals surface area contributed by atoms with Gasteiger partial charge in [-0.15, -0.1) is 5.06 Å². The van der Waals surface area contributed by atoms with Crippen LogP contribution < -0.4 is 0 Å². The van der Waals surface area contributed by atoms with Crippen molar-refractivity contribution in [2.45, 2.75) is 96.8 Å². The predicted octanol–water partition coefficient (Wildman–Crippen LogP) is 6.52. The molecule has 0 atom stereocenters. The molecular weight excluding hydrogens is 290 g/mol. The summed E-state index contributed by atoms with van der Waals surface area (Å²) in [7, 11) is 0. The van der Waals surface area contributed by atoms with Crippen LogP contribution in [-0.4, -0.2) is 22.8 Å². The van der Waals surface area contributed by atoms with Crippen LogP contribution in [0.2, 0.25) is 0 Å². The Morgan fingerprint density at radius 2 is 1.26 bits per heavy atom. The third-order valence-corrected chi connectivity index (χ3v) is 4.13. The predicted molar refractivity (Wildman–Crippen MR) is 96.3 cm³/mol. The van der Waals surface area contributed by atoms with Crippen molar-refractivity contribution in [2.24, 2.45) is 0 Å². The summed E-state index contributed by atoms with van der Waals surface area (Å²) in [5, 5.41) is 9.80. The third-order valence-electron chi connectivity index (χ3n) is 4.13. The normalized spacial score (nSPS) is 10.5. The molecule has 1 N–H and O–H groups in total. The minimum absolute atomic E-state index is 0.416. The van der Waals surface area contributed by atoms with Gasteiger partial charge in [0.15, 0.2) is 0 Å². The summed E-state index contributed by atoms with van der Waals surface area (Å²) < 4.78 is 0. The zero-order valence-electron chi connectivity index (χ0n) is 15.1. The van der Waals surface area contributed by atoms with Crippen molar-refractivity contribution in [1.82, 2.24) is 5.06 Å². The van der Waals surface area contributed by atoms with Crippen LogP contribution in [0.1, 0.15) is 96.8 Å².